The Morgan fingerprint density at radius 1 is 1.11 bits per heavy atom. The van der Waals surface area contributed by atoms with Gasteiger partial charge in [0.2, 0.25) is 0 Å². The summed E-state index contributed by atoms with van der Waals surface area (Å²) in [4.78, 5) is 0. The van der Waals surface area contributed by atoms with Crippen molar-refractivity contribution < 1.29 is 9.84 Å². The molecule has 0 amide bonds. The Hall–Kier alpha value is -0.120. The van der Waals surface area contributed by atoms with E-state index in [4.69, 9.17) is 10.5 Å². The fourth-order valence-electron chi connectivity index (χ4n) is 5.00. The zero-order chi connectivity index (χ0) is 12.9. The largest absolute Gasteiger partial charge is 0.391 e. The molecule has 4 bridgehead atoms. The van der Waals surface area contributed by atoms with Crippen molar-refractivity contribution in [3.05, 3.63) is 0 Å². The molecule has 2 atom stereocenters. The van der Waals surface area contributed by atoms with Crippen LogP contribution in [0.2, 0.25) is 0 Å². The van der Waals surface area contributed by atoms with Gasteiger partial charge in [-0.05, 0) is 69.6 Å². The summed E-state index contributed by atoms with van der Waals surface area (Å²) in [6, 6.07) is 0. The van der Waals surface area contributed by atoms with Gasteiger partial charge in [-0.1, -0.05) is 0 Å². The fourth-order valence-corrected chi connectivity index (χ4v) is 5.00. The van der Waals surface area contributed by atoms with Crippen molar-refractivity contribution in [3.63, 3.8) is 0 Å². The molecule has 18 heavy (non-hydrogen) atoms. The van der Waals surface area contributed by atoms with Gasteiger partial charge in [0.15, 0.2) is 0 Å². The highest BCUT2D eigenvalue weighted by Crippen LogP contribution is 2.59. The molecule has 3 heteroatoms. The van der Waals surface area contributed by atoms with Crippen molar-refractivity contribution >= 4 is 0 Å². The Kier molecular flexibility index (Phi) is 3.20. The van der Waals surface area contributed by atoms with Gasteiger partial charge in [0.1, 0.15) is 0 Å². The number of hydrogen-bond donors (Lipinski definition) is 2. The number of rotatable bonds is 4. The van der Waals surface area contributed by atoms with Crippen molar-refractivity contribution in [1.82, 2.24) is 0 Å². The molecular weight excluding hydrogens is 226 g/mol. The highest BCUT2D eigenvalue weighted by molar-refractivity contribution is 5.08. The van der Waals surface area contributed by atoms with Crippen LogP contribution in [-0.2, 0) is 4.74 Å². The lowest BCUT2D eigenvalue weighted by Crippen LogP contribution is -2.63. The summed E-state index contributed by atoms with van der Waals surface area (Å²) in [5, 5.41) is 9.72. The molecule has 4 aliphatic rings. The molecule has 3 N–H and O–H groups in total. The molecule has 0 saturated heterocycles. The van der Waals surface area contributed by atoms with Crippen molar-refractivity contribution in [2.24, 2.45) is 29.4 Å². The van der Waals surface area contributed by atoms with E-state index >= 15 is 0 Å². The third-order valence-electron chi connectivity index (χ3n) is 5.92. The molecule has 104 valence electrons. The average Bonchev–Trinajstić information content (AvgIpc) is 2.32. The number of aliphatic hydroxyl groups is 1. The Labute approximate surface area is 110 Å². The van der Waals surface area contributed by atoms with Crippen LogP contribution in [0.15, 0.2) is 0 Å². The van der Waals surface area contributed by atoms with Gasteiger partial charge < -0.3 is 15.6 Å². The Bertz CT molecular complexity index is 288. The first kappa shape index (κ1) is 12.9. The predicted octanol–water partition coefficient (Wildman–Crippen LogP) is 1.93. The first-order valence-electron chi connectivity index (χ1n) is 7.61. The molecule has 0 aliphatic heterocycles. The summed E-state index contributed by atoms with van der Waals surface area (Å²) in [7, 11) is 0. The highest BCUT2D eigenvalue weighted by atomic mass is 16.5. The van der Waals surface area contributed by atoms with Gasteiger partial charge in [0, 0.05) is 6.54 Å². The van der Waals surface area contributed by atoms with Crippen molar-refractivity contribution in [2.75, 3.05) is 6.54 Å². The normalized spacial score (nSPS) is 49.3. The van der Waals surface area contributed by atoms with Crippen molar-refractivity contribution in [3.8, 4) is 0 Å². The van der Waals surface area contributed by atoms with E-state index in [1.807, 2.05) is 13.8 Å². The van der Waals surface area contributed by atoms with Crippen LogP contribution < -0.4 is 5.73 Å². The maximum Gasteiger partial charge on any atom is 0.0865 e. The SMILES string of the molecule is CC(O)C(C)OC1(CN)C2CC3CC(C2)CC1C3. The molecule has 0 aromatic rings. The third kappa shape index (κ3) is 1.83. The second-order valence-electron chi connectivity index (χ2n) is 7.03. The lowest BCUT2D eigenvalue weighted by molar-refractivity contribution is -0.230. The first-order chi connectivity index (χ1) is 8.55. The van der Waals surface area contributed by atoms with E-state index in [1.165, 1.54) is 32.1 Å². The van der Waals surface area contributed by atoms with Gasteiger partial charge in [-0.3, -0.25) is 0 Å². The van der Waals surface area contributed by atoms with Gasteiger partial charge in [-0.25, -0.2) is 0 Å². The Balaban J connectivity index is 1.82. The van der Waals surface area contributed by atoms with E-state index < -0.39 is 6.10 Å². The fraction of sp³-hybridized carbons (Fsp3) is 1.00. The molecule has 3 nitrogen and oxygen atoms in total. The molecule has 4 aliphatic carbocycles. The number of nitrogens with two attached hydrogens (primary N) is 1. The third-order valence-corrected chi connectivity index (χ3v) is 5.92. The molecule has 0 radical (unpaired) electrons. The molecule has 4 rings (SSSR count). The second-order valence-corrected chi connectivity index (χ2v) is 7.03. The smallest absolute Gasteiger partial charge is 0.0865 e. The monoisotopic (exact) mass is 253 g/mol. The minimum absolute atomic E-state index is 0.105. The zero-order valence-corrected chi connectivity index (χ0v) is 11.6. The molecule has 0 aromatic carbocycles. The number of aliphatic hydroxyl groups excluding tert-OH is 1. The quantitative estimate of drug-likeness (QED) is 0.805. The lowest BCUT2D eigenvalue weighted by Gasteiger charge is -2.61. The van der Waals surface area contributed by atoms with E-state index in [2.05, 4.69) is 0 Å². The van der Waals surface area contributed by atoms with E-state index in [9.17, 15) is 5.11 Å². The number of hydrogen-bond acceptors (Lipinski definition) is 3. The van der Waals surface area contributed by atoms with E-state index in [1.54, 1.807) is 0 Å². The maximum absolute atomic E-state index is 9.72. The molecule has 4 fully saturated rings. The summed E-state index contributed by atoms with van der Waals surface area (Å²) in [6.45, 7) is 4.41. The first-order valence-corrected chi connectivity index (χ1v) is 7.61. The summed E-state index contributed by atoms with van der Waals surface area (Å²) in [5.74, 6) is 3.13. The molecule has 0 heterocycles. The number of ether oxygens (including phenoxy) is 1. The van der Waals surface area contributed by atoms with E-state index in [0.29, 0.717) is 18.4 Å². The van der Waals surface area contributed by atoms with Crippen LogP contribution in [0.5, 0.6) is 0 Å². The van der Waals surface area contributed by atoms with Crippen LogP contribution in [0.3, 0.4) is 0 Å². The lowest BCUT2D eigenvalue weighted by atomic mass is 9.49. The van der Waals surface area contributed by atoms with Crippen LogP contribution in [0.25, 0.3) is 0 Å². The minimum atomic E-state index is -0.411. The van der Waals surface area contributed by atoms with Gasteiger partial charge in [-0.15, -0.1) is 0 Å². The van der Waals surface area contributed by atoms with E-state index in [-0.39, 0.29) is 11.7 Å². The molecule has 0 aromatic heterocycles. The minimum Gasteiger partial charge on any atom is -0.391 e. The molecule has 2 unspecified atom stereocenters. The van der Waals surface area contributed by atoms with Crippen LogP contribution in [0, 0.1) is 23.7 Å². The van der Waals surface area contributed by atoms with Crippen LogP contribution in [0.1, 0.15) is 46.0 Å². The summed E-state index contributed by atoms with van der Waals surface area (Å²) in [6.07, 6.45) is 6.14. The average molecular weight is 253 g/mol. The molecular formula is C15H27NO2. The summed E-state index contributed by atoms with van der Waals surface area (Å²) < 4.78 is 6.35. The maximum atomic E-state index is 9.72. The zero-order valence-electron chi connectivity index (χ0n) is 11.6. The van der Waals surface area contributed by atoms with Crippen molar-refractivity contribution in [2.45, 2.75) is 63.8 Å². The van der Waals surface area contributed by atoms with Crippen molar-refractivity contribution in [1.29, 1.82) is 0 Å². The van der Waals surface area contributed by atoms with Gasteiger partial charge in [0.05, 0.1) is 17.8 Å². The van der Waals surface area contributed by atoms with Crippen LogP contribution in [-0.4, -0.2) is 29.5 Å². The Morgan fingerprint density at radius 3 is 2.00 bits per heavy atom. The van der Waals surface area contributed by atoms with Gasteiger partial charge in [-0.2, -0.15) is 0 Å². The Morgan fingerprint density at radius 2 is 1.61 bits per heavy atom. The second kappa shape index (κ2) is 4.46. The summed E-state index contributed by atoms with van der Waals surface area (Å²) in [5.41, 5.74) is 6.00. The van der Waals surface area contributed by atoms with Gasteiger partial charge >= 0.3 is 0 Å². The predicted molar refractivity (Wildman–Crippen MR) is 71.1 cm³/mol. The molecule has 4 saturated carbocycles. The van der Waals surface area contributed by atoms with Crippen LogP contribution >= 0.6 is 0 Å². The van der Waals surface area contributed by atoms with E-state index in [0.717, 1.165) is 11.8 Å². The van der Waals surface area contributed by atoms with Crippen LogP contribution in [0.4, 0.5) is 0 Å². The van der Waals surface area contributed by atoms with Gasteiger partial charge in [0.25, 0.3) is 0 Å². The molecule has 0 spiro atoms. The topological polar surface area (TPSA) is 55.5 Å². The summed E-state index contributed by atoms with van der Waals surface area (Å²) >= 11 is 0. The highest BCUT2D eigenvalue weighted by Gasteiger charge is 2.58. The standard InChI is InChI=1S/C15H27NO2/c1-9(17)10(2)18-15(8-16)13-4-11-3-12(6-13)7-14(15)5-11/h9-14,17H,3-8,16H2,1-2H3.